The van der Waals surface area contributed by atoms with Gasteiger partial charge in [0, 0.05) is 18.4 Å². The van der Waals surface area contributed by atoms with Crippen molar-refractivity contribution in [2.24, 2.45) is 17.1 Å². The number of hydrogen-bond acceptors (Lipinski definition) is 2. The van der Waals surface area contributed by atoms with Gasteiger partial charge in [-0.1, -0.05) is 44.0 Å². The first-order valence-corrected chi connectivity index (χ1v) is 8.08. The van der Waals surface area contributed by atoms with E-state index < -0.39 is 5.60 Å². The van der Waals surface area contributed by atoms with Crippen LogP contribution >= 0.6 is 0 Å². The standard InChI is InChI=1S/C18H27NO/c1-14-5-4-9-17(11-14,13-19)18(20)10-8-15-6-2-3-7-16(15)12-18/h2-3,6-7,14,20H,4-5,8-13,19H2,1H3. The molecule has 0 heterocycles. The van der Waals surface area contributed by atoms with Crippen molar-refractivity contribution in [3.63, 3.8) is 0 Å². The fourth-order valence-electron chi connectivity index (χ4n) is 4.63. The molecule has 0 spiro atoms. The highest BCUT2D eigenvalue weighted by Gasteiger charge is 2.51. The lowest BCUT2D eigenvalue weighted by molar-refractivity contribution is -0.115. The van der Waals surface area contributed by atoms with Crippen LogP contribution in [0.2, 0.25) is 0 Å². The van der Waals surface area contributed by atoms with Gasteiger partial charge in [-0.2, -0.15) is 0 Å². The fraction of sp³-hybridized carbons (Fsp3) is 0.667. The molecule has 3 rings (SSSR count). The lowest BCUT2D eigenvalue weighted by atomic mass is 9.56. The quantitative estimate of drug-likeness (QED) is 0.870. The largest absolute Gasteiger partial charge is 0.389 e. The van der Waals surface area contributed by atoms with E-state index in [0.29, 0.717) is 12.5 Å². The molecule has 2 nitrogen and oxygen atoms in total. The molecule has 0 bridgehead atoms. The van der Waals surface area contributed by atoms with Crippen LogP contribution in [0.5, 0.6) is 0 Å². The molecule has 2 aliphatic rings. The summed E-state index contributed by atoms with van der Waals surface area (Å²) in [5.41, 5.74) is 8.24. The monoisotopic (exact) mass is 273 g/mol. The van der Waals surface area contributed by atoms with Gasteiger partial charge in [0.2, 0.25) is 0 Å². The van der Waals surface area contributed by atoms with E-state index in [9.17, 15) is 5.11 Å². The van der Waals surface area contributed by atoms with Crippen molar-refractivity contribution in [1.29, 1.82) is 0 Å². The third-order valence-corrected chi connectivity index (χ3v) is 5.88. The zero-order valence-corrected chi connectivity index (χ0v) is 12.6. The van der Waals surface area contributed by atoms with Gasteiger partial charge in [-0.05, 0) is 42.7 Å². The Labute approximate surface area is 122 Å². The molecule has 1 saturated carbocycles. The van der Waals surface area contributed by atoms with Crippen molar-refractivity contribution in [1.82, 2.24) is 0 Å². The molecule has 110 valence electrons. The number of aliphatic hydroxyl groups is 1. The maximum absolute atomic E-state index is 11.4. The first-order chi connectivity index (χ1) is 9.59. The van der Waals surface area contributed by atoms with Crippen LogP contribution in [0, 0.1) is 11.3 Å². The Morgan fingerprint density at radius 3 is 2.70 bits per heavy atom. The smallest absolute Gasteiger partial charge is 0.0759 e. The Bertz CT molecular complexity index is 486. The minimum Gasteiger partial charge on any atom is -0.389 e. The first kappa shape index (κ1) is 14.1. The van der Waals surface area contributed by atoms with Gasteiger partial charge in [-0.25, -0.2) is 0 Å². The van der Waals surface area contributed by atoms with Crippen LogP contribution in [-0.2, 0) is 12.8 Å². The van der Waals surface area contributed by atoms with Crippen molar-refractivity contribution in [2.75, 3.05) is 6.54 Å². The van der Waals surface area contributed by atoms with Crippen LogP contribution in [0.1, 0.15) is 50.2 Å². The predicted molar refractivity (Wildman–Crippen MR) is 82.5 cm³/mol. The third-order valence-electron chi connectivity index (χ3n) is 5.88. The van der Waals surface area contributed by atoms with Crippen LogP contribution < -0.4 is 5.73 Å². The highest BCUT2D eigenvalue weighted by Crippen LogP contribution is 2.50. The lowest BCUT2D eigenvalue weighted by Gasteiger charge is -2.52. The van der Waals surface area contributed by atoms with Crippen molar-refractivity contribution in [3.05, 3.63) is 35.4 Å². The highest BCUT2D eigenvalue weighted by atomic mass is 16.3. The lowest BCUT2D eigenvalue weighted by Crippen LogP contribution is -2.57. The molecule has 0 saturated heterocycles. The summed E-state index contributed by atoms with van der Waals surface area (Å²) >= 11 is 0. The maximum Gasteiger partial charge on any atom is 0.0759 e. The average molecular weight is 273 g/mol. The topological polar surface area (TPSA) is 46.2 Å². The van der Waals surface area contributed by atoms with Crippen molar-refractivity contribution in [2.45, 2.75) is 57.5 Å². The molecular formula is C18H27NO. The van der Waals surface area contributed by atoms with E-state index in [4.69, 9.17) is 5.73 Å². The number of aryl methyl sites for hydroxylation is 1. The zero-order valence-electron chi connectivity index (χ0n) is 12.6. The second kappa shape index (κ2) is 5.16. The summed E-state index contributed by atoms with van der Waals surface area (Å²) < 4.78 is 0. The first-order valence-electron chi connectivity index (χ1n) is 8.08. The molecule has 2 heteroatoms. The van der Waals surface area contributed by atoms with E-state index in [1.54, 1.807) is 0 Å². The molecule has 2 aliphatic carbocycles. The summed E-state index contributed by atoms with van der Waals surface area (Å²) in [7, 11) is 0. The van der Waals surface area contributed by atoms with E-state index in [1.165, 1.54) is 24.0 Å². The predicted octanol–water partition coefficient (Wildman–Crippen LogP) is 3.06. The number of fused-ring (bicyclic) bond motifs is 1. The molecular weight excluding hydrogens is 246 g/mol. The van der Waals surface area contributed by atoms with E-state index in [0.717, 1.165) is 32.1 Å². The SMILES string of the molecule is CC1CCCC(CN)(C2(O)CCc3ccccc3C2)C1. The number of benzene rings is 1. The molecule has 0 aromatic heterocycles. The van der Waals surface area contributed by atoms with Crippen LogP contribution in [0.3, 0.4) is 0 Å². The van der Waals surface area contributed by atoms with Gasteiger partial charge in [0.05, 0.1) is 5.60 Å². The Hall–Kier alpha value is -0.860. The van der Waals surface area contributed by atoms with Crippen molar-refractivity contribution in [3.8, 4) is 0 Å². The molecule has 3 N–H and O–H groups in total. The second-order valence-corrected chi connectivity index (χ2v) is 7.16. The van der Waals surface area contributed by atoms with Gasteiger partial charge in [0.25, 0.3) is 0 Å². The van der Waals surface area contributed by atoms with Gasteiger partial charge in [-0.15, -0.1) is 0 Å². The Balaban J connectivity index is 1.92. The summed E-state index contributed by atoms with van der Waals surface area (Å²) in [6.07, 6.45) is 7.31. The Morgan fingerprint density at radius 2 is 2.00 bits per heavy atom. The van der Waals surface area contributed by atoms with Gasteiger partial charge in [0.15, 0.2) is 0 Å². The van der Waals surface area contributed by atoms with E-state index in [-0.39, 0.29) is 5.41 Å². The van der Waals surface area contributed by atoms with Crippen LogP contribution in [-0.4, -0.2) is 17.3 Å². The fourth-order valence-corrected chi connectivity index (χ4v) is 4.63. The van der Waals surface area contributed by atoms with Gasteiger partial charge in [0.1, 0.15) is 0 Å². The van der Waals surface area contributed by atoms with Crippen molar-refractivity contribution < 1.29 is 5.11 Å². The van der Waals surface area contributed by atoms with Gasteiger partial charge < -0.3 is 10.8 Å². The molecule has 1 fully saturated rings. The summed E-state index contributed by atoms with van der Waals surface area (Å²) in [5, 5.41) is 11.4. The van der Waals surface area contributed by atoms with Crippen molar-refractivity contribution >= 4 is 0 Å². The molecule has 3 unspecified atom stereocenters. The molecule has 0 radical (unpaired) electrons. The van der Waals surface area contributed by atoms with Crippen LogP contribution in [0.25, 0.3) is 0 Å². The van der Waals surface area contributed by atoms with E-state index >= 15 is 0 Å². The maximum atomic E-state index is 11.4. The molecule has 3 atom stereocenters. The van der Waals surface area contributed by atoms with Gasteiger partial charge in [-0.3, -0.25) is 0 Å². The molecule has 0 amide bonds. The summed E-state index contributed by atoms with van der Waals surface area (Å²) in [5.74, 6) is 0.688. The second-order valence-electron chi connectivity index (χ2n) is 7.16. The molecule has 1 aromatic carbocycles. The minimum absolute atomic E-state index is 0.0712. The minimum atomic E-state index is -0.606. The Kier molecular flexibility index (Phi) is 3.64. The average Bonchev–Trinajstić information content (AvgIpc) is 2.47. The number of rotatable bonds is 2. The summed E-state index contributed by atoms with van der Waals surface area (Å²) in [6.45, 7) is 2.93. The Morgan fingerprint density at radius 1 is 1.25 bits per heavy atom. The number of hydrogen-bond donors (Lipinski definition) is 2. The van der Waals surface area contributed by atoms with Gasteiger partial charge >= 0.3 is 0 Å². The van der Waals surface area contributed by atoms with E-state index in [2.05, 4.69) is 31.2 Å². The van der Waals surface area contributed by atoms with Crippen LogP contribution in [0.15, 0.2) is 24.3 Å². The molecule has 1 aromatic rings. The molecule has 20 heavy (non-hydrogen) atoms. The summed E-state index contributed by atoms with van der Waals surface area (Å²) in [4.78, 5) is 0. The van der Waals surface area contributed by atoms with E-state index in [1.807, 2.05) is 0 Å². The summed E-state index contributed by atoms with van der Waals surface area (Å²) in [6, 6.07) is 8.57. The van der Waals surface area contributed by atoms with Crippen LogP contribution in [0.4, 0.5) is 0 Å². The third kappa shape index (κ3) is 2.19. The molecule has 0 aliphatic heterocycles. The number of nitrogens with two attached hydrogens (primary N) is 1. The zero-order chi connectivity index (χ0) is 14.2. The normalized spacial score (nSPS) is 37.5. The highest BCUT2D eigenvalue weighted by molar-refractivity contribution is 5.32.